The van der Waals surface area contributed by atoms with Gasteiger partial charge in [-0.1, -0.05) is 0 Å². The van der Waals surface area contributed by atoms with E-state index in [1.807, 2.05) is 17.0 Å². The summed E-state index contributed by atoms with van der Waals surface area (Å²) in [5, 5.41) is 3.21. The van der Waals surface area contributed by atoms with Crippen molar-refractivity contribution in [1.29, 1.82) is 0 Å². The number of hydrogen-bond donors (Lipinski definition) is 1. The number of piperazine rings is 1. The second-order valence-corrected chi connectivity index (χ2v) is 6.79. The number of amides is 1. The summed E-state index contributed by atoms with van der Waals surface area (Å²) in [6, 6.07) is 6.62. The Balaban J connectivity index is 1.47. The van der Waals surface area contributed by atoms with Gasteiger partial charge in [0.15, 0.2) is 5.96 Å². The van der Waals surface area contributed by atoms with Crippen LogP contribution in [0.15, 0.2) is 29.3 Å². The van der Waals surface area contributed by atoms with Crippen LogP contribution >= 0.6 is 0 Å². The second-order valence-electron chi connectivity index (χ2n) is 6.79. The number of aliphatic imine (C=N–C) groups is 1. The highest BCUT2D eigenvalue weighted by Gasteiger charge is 2.21. The molecule has 26 heavy (non-hydrogen) atoms. The summed E-state index contributed by atoms with van der Waals surface area (Å²) in [5.74, 6) is 0.709. The lowest BCUT2D eigenvalue weighted by Crippen LogP contribution is -2.54. The molecule has 2 heterocycles. The minimum atomic E-state index is -0.213. The van der Waals surface area contributed by atoms with Gasteiger partial charge < -0.3 is 20.0 Å². The molecule has 0 radical (unpaired) electrons. The Bertz CT molecular complexity index is 619. The van der Waals surface area contributed by atoms with E-state index in [1.165, 1.54) is 18.6 Å². The molecule has 1 N–H and O–H groups in total. The van der Waals surface area contributed by atoms with Gasteiger partial charge in [0, 0.05) is 52.0 Å². The molecule has 0 atom stereocenters. The highest BCUT2D eigenvalue weighted by molar-refractivity contribution is 5.86. The summed E-state index contributed by atoms with van der Waals surface area (Å²) in [5.41, 5.74) is 1.04. The van der Waals surface area contributed by atoms with E-state index < -0.39 is 0 Å². The number of rotatable bonds is 3. The van der Waals surface area contributed by atoms with Crippen LogP contribution in [0.4, 0.5) is 10.1 Å². The normalized spacial score (nSPS) is 18.8. The summed E-state index contributed by atoms with van der Waals surface area (Å²) < 4.78 is 13.1. The Labute approximate surface area is 154 Å². The fourth-order valence-electron chi connectivity index (χ4n) is 3.57. The predicted octanol–water partition coefficient (Wildman–Crippen LogP) is 1.54. The summed E-state index contributed by atoms with van der Waals surface area (Å²) in [4.78, 5) is 23.0. The van der Waals surface area contributed by atoms with E-state index in [2.05, 4.69) is 20.1 Å². The molecule has 2 saturated heterocycles. The van der Waals surface area contributed by atoms with Crippen LogP contribution in [-0.4, -0.2) is 74.5 Å². The number of anilines is 1. The second kappa shape index (κ2) is 8.87. The Hall–Kier alpha value is -2.31. The Morgan fingerprint density at radius 2 is 1.65 bits per heavy atom. The highest BCUT2D eigenvalue weighted by atomic mass is 19.1. The molecule has 2 aliphatic heterocycles. The molecular weight excluding hydrogens is 333 g/mol. The lowest BCUT2D eigenvalue weighted by molar-refractivity contribution is -0.130. The van der Waals surface area contributed by atoms with Crippen LogP contribution in [0.3, 0.4) is 0 Å². The maximum absolute atomic E-state index is 13.1. The third-order valence-electron chi connectivity index (χ3n) is 5.09. The number of halogens is 1. The van der Waals surface area contributed by atoms with Crippen molar-refractivity contribution in [1.82, 2.24) is 15.1 Å². The van der Waals surface area contributed by atoms with Gasteiger partial charge in [-0.15, -0.1) is 0 Å². The number of guanidine groups is 1. The minimum Gasteiger partial charge on any atom is -0.368 e. The predicted molar refractivity (Wildman–Crippen MR) is 102 cm³/mol. The monoisotopic (exact) mass is 361 g/mol. The van der Waals surface area contributed by atoms with E-state index in [4.69, 9.17) is 0 Å². The number of carbonyl (C=O) groups excluding carboxylic acids is 1. The first-order valence-electron chi connectivity index (χ1n) is 9.41. The first-order valence-corrected chi connectivity index (χ1v) is 9.41. The first kappa shape index (κ1) is 18.5. The van der Waals surface area contributed by atoms with Gasteiger partial charge in [0.1, 0.15) is 5.82 Å². The molecule has 1 aromatic rings. The van der Waals surface area contributed by atoms with E-state index in [0.717, 1.165) is 63.8 Å². The standard InChI is InChI=1S/C19H28FN5O/c1-21-19(22-15-18(26)24-9-3-2-4-10-24)25-13-11-23(12-14-25)17-7-5-16(20)6-8-17/h5-8H,2-4,9-15H2,1H3,(H,21,22). The van der Waals surface area contributed by atoms with Crippen molar-refractivity contribution in [3.8, 4) is 0 Å². The molecule has 6 nitrogen and oxygen atoms in total. The average Bonchev–Trinajstić information content (AvgIpc) is 2.70. The van der Waals surface area contributed by atoms with Crippen molar-refractivity contribution in [3.05, 3.63) is 30.1 Å². The number of benzene rings is 1. The van der Waals surface area contributed by atoms with Gasteiger partial charge in [-0.2, -0.15) is 0 Å². The zero-order chi connectivity index (χ0) is 18.4. The molecule has 2 fully saturated rings. The number of piperidine rings is 1. The quantitative estimate of drug-likeness (QED) is 0.655. The molecule has 142 valence electrons. The molecule has 0 saturated carbocycles. The van der Waals surface area contributed by atoms with Gasteiger partial charge in [-0.05, 0) is 43.5 Å². The Morgan fingerprint density at radius 3 is 2.27 bits per heavy atom. The molecule has 0 aromatic heterocycles. The topological polar surface area (TPSA) is 51.2 Å². The van der Waals surface area contributed by atoms with Crippen molar-refractivity contribution in [2.45, 2.75) is 19.3 Å². The Morgan fingerprint density at radius 1 is 1.00 bits per heavy atom. The first-order chi connectivity index (χ1) is 12.7. The number of carbonyl (C=O) groups is 1. The molecular formula is C19H28FN5O. The van der Waals surface area contributed by atoms with Crippen molar-refractivity contribution >= 4 is 17.6 Å². The SMILES string of the molecule is CN=C(NCC(=O)N1CCCCC1)N1CCN(c2ccc(F)cc2)CC1. The number of hydrogen-bond acceptors (Lipinski definition) is 3. The fourth-order valence-corrected chi connectivity index (χ4v) is 3.57. The average molecular weight is 361 g/mol. The van der Waals surface area contributed by atoms with Gasteiger partial charge in [-0.25, -0.2) is 4.39 Å². The summed E-state index contributed by atoms with van der Waals surface area (Å²) in [6.07, 6.45) is 3.43. The zero-order valence-corrected chi connectivity index (χ0v) is 15.5. The summed E-state index contributed by atoms with van der Waals surface area (Å²) in [6.45, 7) is 5.35. The molecule has 7 heteroatoms. The molecule has 0 bridgehead atoms. The van der Waals surface area contributed by atoms with Crippen molar-refractivity contribution in [2.24, 2.45) is 4.99 Å². The minimum absolute atomic E-state index is 0.149. The van der Waals surface area contributed by atoms with Crippen molar-refractivity contribution in [2.75, 3.05) is 57.8 Å². The van der Waals surface area contributed by atoms with E-state index in [9.17, 15) is 9.18 Å². The van der Waals surface area contributed by atoms with E-state index in [0.29, 0.717) is 6.54 Å². The molecule has 0 unspecified atom stereocenters. The molecule has 0 aliphatic carbocycles. The number of nitrogens with zero attached hydrogens (tertiary/aromatic N) is 4. The van der Waals surface area contributed by atoms with Crippen molar-refractivity contribution in [3.63, 3.8) is 0 Å². The Kier molecular flexibility index (Phi) is 6.30. The lowest BCUT2D eigenvalue weighted by Gasteiger charge is -2.37. The van der Waals surface area contributed by atoms with Crippen LogP contribution in [0.1, 0.15) is 19.3 Å². The molecule has 3 rings (SSSR count). The fraction of sp³-hybridized carbons (Fsp3) is 0.579. The van der Waals surface area contributed by atoms with Gasteiger partial charge in [0.05, 0.1) is 6.54 Å². The molecule has 2 aliphatic rings. The summed E-state index contributed by atoms with van der Waals surface area (Å²) >= 11 is 0. The maximum Gasteiger partial charge on any atom is 0.241 e. The van der Waals surface area contributed by atoms with Crippen LogP contribution in [-0.2, 0) is 4.79 Å². The lowest BCUT2D eigenvalue weighted by atomic mass is 10.1. The summed E-state index contributed by atoms with van der Waals surface area (Å²) in [7, 11) is 1.75. The van der Waals surface area contributed by atoms with Gasteiger partial charge in [-0.3, -0.25) is 9.79 Å². The van der Waals surface area contributed by atoms with Crippen LogP contribution < -0.4 is 10.2 Å². The van der Waals surface area contributed by atoms with Gasteiger partial charge >= 0.3 is 0 Å². The number of likely N-dealkylation sites (tertiary alicyclic amines) is 1. The molecule has 1 amide bonds. The smallest absolute Gasteiger partial charge is 0.241 e. The van der Waals surface area contributed by atoms with E-state index in [-0.39, 0.29) is 11.7 Å². The van der Waals surface area contributed by atoms with Crippen LogP contribution in [0, 0.1) is 5.82 Å². The van der Waals surface area contributed by atoms with Crippen LogP contribution in [0.25, 0.3) is 0 Å². The maximum atomic E-state index is 13.1. The molecule has 1 aromatic carbocycles. The van der Waals surface area contributed by atoms with Gasteiger partial charge in [0.25, 0.3) is 0 Å². The molecule has 0 spiro atoms. The zero-order valence-electron chi connectivity index (χ0n) is 15.5. The number of nitrogens with one attached hydrogen (secondary N) is 1. The van der Waals surface area contributed by atoms with Crippen molar-refractivity contribution < 1.29 is 9.18 Å². The third kappa shape index (κ3) is 4.65. The van der Waals surface area contributed by atoms with E-state index in [1.54, 1.807) is 7.05 Å². The van der Waals surface area contributed by atoms with Crippen LogP contribution in [0.5, 0.6) is 0 Å². The van der Waals surface area contributed by atoms with Crippen LogP contribution in [0.2, 0.25) is 0 Å². The largest absolute Gasteiger partial charge is 0.368 e. The van der Waals surface area contributed by atoms with E-state index >= 15 is 0 Å². The van der Waals surface area contributed by atoms with Gasteiger partial charge in [0.2, 0.25) is 5.91 Å². The third-order valence-corrected chi connectivity index (χ3v) is 5.09. The highest BCUT2D eigenvalue weighted by Crippen LogP contribution is 2.17.